The molecular formula is C13H16O4S. The van der Waals surface area contributed by atoms with Crippen molar-refractivity contribution in [2.75, 3.05) is 7.11 Å². The van der Waals surface area contributed by atoms with Gasteiger partial charge in [0, 0.05) is 11.0 Å². The van der Waals surface area contributed by atoms with Crippen LogP contribution in [0.5, 0.6) is 0 Å². The number of methoxy groups -OCH3 is 1. The van der Waals surface area contributed by atoms with Crippen LogP contribution in [0.15, 0.2) is 24.3 Å². The fourth-order valence-electron chi connectivity index (χ4n) is 1.40. The van der Waals surface area contributed by atoms with Gasteiger partial charge in [-0.2, -0.15) is 11.8 Å². The monoisotopic (exact) mass is 268 g/mol. The van der Waals surface area contributed by atoms with Crippen molar-refractivity contribution in [1.29, 1.82) is 0 Å². The van der Waals surface area contributed by atoms with Crippen molar-refractivity contribution in [3.8, 4) is 0 Å². The normalized spacial score (nSPS) is 11.9. The third-order valence-electron chi connectivity index (χ3n) is 2.37. The molecule has 1 N–H and O–H groups in total. The van der Waals surface area contributed by atoms with E-state index in [1.54, 1.807) is 23.9 Å². The van der Waals surface area contributed by atoms with Gasteiger partial charge in [-0.1, -0.05) is 19.1 Å². The van der Waals surface area contributed by atoms with Crippen molar-refractivity contribution in [3.63, 3.8) is 0 Å². The smallest absolute Gasteiger partial charge is 0.337 e. The van der Waals surface area contributed by atoms with Crippen LogP contribution >= 0.6 is 11.8 Å². The molecule has 1 atom stereocenters. The Hall–Kier alpha value is -1.49. The molecule has 0 radical (unpaired) electrons. The van der Waals surface area contributed by atoms with Gasteiger partial charge in [0.25, 0.3) is 0 Å². The summed E-state index contributed by atoms with van der Waals surface area (Å²) < 4.78 is 4.61. The second-order valence-electron chi connectivity index (χ2n) is 3.91. The Kier molecular flexibility index (Phi) is 5.71. The summed E-state index contributed by atoms with van der Waals surface area (Å²) in [5.41, 5.74) is 1.58. The molecule has 4 nitrogen and oxygen atoms in total. The van der Waals surface area contributed by atoms with Crippen LogP contribution in [0, 0.1) is 0 Å². The first kappa shape index (κ1) is 14.6. The van der Waals surface area contributed by atoms with Crippen LogP contribution in [0.25, 0.3) is 0 Å². The number of carboxylic acid groups (broad SMARTS) is 1. The van der Waals surface area contributed by atoms with Gasteiger partial charge in [0.1, 0.15) is 0 Å². The Morgan fingerprint density at radius 1 is 1.33 bits per heavy atom. The largest absolute Gasteiger partial charge is 0.481 e. The third kappa shape index (κ3) is 4.79. The summed E-state index contributed by atoms with van der Waals surface area (Å²) in [6.07, 6.45) is 0.158. The maximum atomic E-state index is 11.2. The number of carbonyl (C=O) groups is 2. The van der Waals surface area contributed by atoms with E-state index in [1.165, 1.54) is 7.11 Å². The lowest BCUT2D eigenvalue weighted by Gasteiger charge is -2.08. The van der Waals surface area contributed by atoms with Gasteiger partial charge < -0.3 is 9.84 Å². The number of hydrogen-bond acceptors (Lipinski definition) is 4. The molecule has 1 aromatic carbocycles. The average molecular weight is 268 g/mol. The molecular weight excluding hydrogens is 252 g/mol. The first-order chi connectivity index (χ1) is 8.52. The maximum Gasteiger partial charge on any atom is 0.337 e. The molecule has 5 heteroatoms. The number of carboxylic acids is 1. The molecule has 0 spiro atoms. The maximum absolute atomic E-state index is 11.2. The molecule has 0 amide bonds. The highest BCUT2D eigenvalue weighted by atomic mass is 32.2. The van der Waals surface area contributed by atoms with Crippen LogP contribution in [-0.2, 0) is 15.3 Å². The van der Waals surface area contributed by atoms with E-state index >= 15 is 0 Å². The van der Waals surface area contributed by atoms with Gasteiger partial charge in [0.05, 0.1) is 19.1 Å². The fourth-order valence-corrected chi connectivity index (χ4v) is 2.33. The van der Waals surface area contributed by atoms with Crippen LogP contribution < -0.4 is 0 Å². The van der Waals surface area contributed by atoms with Crippen LogP contribution in [-0.4, -0.2) is 29.4 Å². The summed E-state index contributed by atoms with van der Waals surface area (Å²) in [5, 5.41) is 8.71. The second kappa shape index (κ2) is 7.06. The Morgan fingerprint density at radius 2 is 1.94 bits per heavy atom. The minimum Gasteiger partial charge on any atom is -0.481 e. The van der Waals surface area contributed by atoms with Gasteiger partial charge in [0.15, 0.2) is 0 Å². The number of benzene rings is 1. The molecule has 1 aromatic rings. The van der Waals surface area contributed by atoms with Gasteiger partial charge in [-0.05, 0) is 17.7 Å². The molecule has 0 saturated carbocycles. The van der Waals surface area contributed by atoms with Crippen LogP contribution in [0.2, 0.25) is 0 Å². The summed E-state index contributed by atoms with van der Waals surface area (Å²) in [6, 6.07) is 7.13. The van der Waals surface area contributed by atoms with E-state index in [0.717, 1.165) is 11.3 Å². The SMILES string of the molecule is COC(=O)c1ccc(CSC(C)CC(=O)O)cc1. The van der Waals surface area contributed by atoms with Crippen molar-refractivity contribution < 1.29 is 19.4 Å². The highest BCUT2D eigenvalue weighted by molar-refractivity contribution is 7.99. The molecule has 98 valence electrons. The third-order valence-corrected chi connectivity index (χ3v) is 3.61. The molecule has 0 bridgehead atoms. The molecule has 0 saturated heterocycles. The zero-order valence-electron chi connectivity index (χ0n) is 10.4. The summed E-state index contributed by atoms with van der Waals surface area (Å²) in [7, 11) is 1.35. The van der Waals surface area contributed by atoms with E-state index in [4.69, 9.17) is 5.11 Å². The number of hydrogen-bond donors (Lipinski definition) is 1. The van der Waals surface area contributed by atoms with E-state index in [1.807, 2.05) is 19.1 Å². The molecule has 1 unspecified atom stereocenters. The van der Waals surface area contributed by atoms with Crippen molar-refractivity contribution >= 4 is 23.7 Å². The lowest BCUT2D eigenvalue weighted by atomic mass is 10.1. The Bertz CT molecular complexity index is 414. The van der Waals surface area contributed by atoms with Gasteiger partial charge >= 0.3 is 11.9 Å². The Morgan fingerprint density at radius 3 is 2.44 bits per heavy atom. The predicted molar refractivity (Wildman–Crippen MR) is 70.8 cm³/mol. The fraction of sp³-hybridized carbons (Fsp3) is 0.385. The lowest BCUT2D eigenvalue weighted by molar-refractivity contribution is -0.136. The number of aliphatic carboxylic acids is 1. The summed E-state index contributed by atoms with van der Waals surface area (Å²) >= 11 is 1.58. The standard InChI is InChI=1S/C13H16O4S/c1-9(7-12(14)15)18-8-10-3-5-11(6-4-10)13(16)17-2/h3-6,9H,7-8H2,1-2H3,(H,14,15). The topological polar surface area (TPSA) is 63.6 Å². The van der Waals surface area contributed by atoms with E-state index in [-0.39, 0.29) is 17.6 Å². The van der Waals surface area contributed by atoms with Crippen molar-refractivity contribution in [3.05, 3.63) is 35.4 Å². The van der Waals surface area contributed by atoms with E-state index < -0.39 is 5.97 Å². The van der Waals surface area contributed by atoms with Crippen molar-refractivity contribution in [2.24, 2.45) is 0 Å². The van der Waals surface area contributed by atoms with E-state index in [9.17, 15) is 9.59 Å². The predicted octanol–water partition coefficient (Wildman–Crippen LogP) is 2.57. The lowest BCUT2D eigenvalue weighted by Crippen LogP contribution is -2.06. The van der Waals surface area contributed by atoms with Gasteiger partial charge in [-0.3, -0.25) is 4.79 Å². The molecule has 1 rings (SSSR count). The number of esters is 1. The quantitative estimate of drug-likeness (QED) is 0.803. The van der Waals surface area contributed by atoms with Crippen molar-refractivity contribution in [1.82, 2.24) is 0 Å². The molecule has 18 heavy (non-hydrogen) atoms. The molecule has 0 aliphatic carbocycles. The number of thioether (sulfide) groups is 1. The first-order valence-electron chi connectivity index (χ1n) is 5.53. The summed E-state index contributed by atoms with van der Waals surface area (Å²) in [5.74, 6) is -0.403. The van der Waals surface area contributed by atoms with Gasteiger partial charge in [0.2, 0.25) is 0 Å². The molecule has 0 aliphatic heterocycles. The Balaban J connectivity index is 2.49. The first-order valence-corrected chi connectivity index (χ1v) is 6.58. The average Bonchev–Trinajstić information content (AvgIpc) is 2.35. The van der Waals surface area contributed by atoms with Gasteiger partial charge in [-0.25, -0.2) is 4.79 Å². The number of carbonyl (C=O) groups excluding carboxylic acids is 1. The minimum atomic E-state index is -0.781. The zero-order chi connectivity index (χ0) is 13.5. The molecule has 0 aliphatic rings. The zero-order valence-corrected chi connectivity index (χ0v) is 11.2. The summed E-state index contributed by atoms with van der Waals surface area (Å²) in [6.45, 7) is 1.89. The van der Waals surface area contributed by atoms with Crippen LogP contribution in [0.1, 0.15) is 29.3 Å². The molecule has 0 aromatic heterocycles. The minimum absolute atomic E-state index is 0.0720. The highest BCUT2D eigenvalue weighted by Crippen LogP contribution is 2.20. The van der Waals surface area contributed by atoms with Crippen LogP contribution in [0.3, 0.4) is 0 Å². The van der Waals surface area contributed by atoms with E-state index in [2.05, 4.69) is 4.74 Å². The van der Waals surface area contributed by atoms with Gasteiger partial charge in [-0.15, -0.1) is 0 Å². The van der Waals surface area contributed by atoms with Crippen LogP contribution in [0.4, 0.5) is 0 Å². The van der Waals surface area contributed by atoms with Crippen molar-refractivity contribution in [2.45, 2.75) is 24.3 Å². The molecule has 0 heterocycles. The van der Waals surface area contributed by atoms with E-state index in [0.29, 0.717) is 5.56 Å². The molecule has 0 fully saturated rings. The second-order valence-corrected chi connectivity index (χ2v) is 5.33. The Labute approximate surface area is 110 Å². The number of ether oxygens (including phenoxy) is 1. The summed E-state index contributed by atoms with van der Waals surface area (Å²) in [4.78, 5) is 21.7. The highest BCUT2D eigenvalue weighted by Gasteiger charge is 2.09. The number of rotatable bonds is 6.